The van der Waals surface area contributed by atoms with Crippen LogP contribution in [0, 0.1) is 6.92 Å². The molecule has 156 valence electrons. The van der Waals surface area contributed by atoms with Crippen LogP contribution in [-0.2, 0) is 17.8 Å². The molecule has 0 saturated heterocycles. The Hall–Kier alpha value is -3.93. The molecule has 0 fully saturated rings. The van der Waals surface area contributed by atoms with Gasteiger partial charge < -0.3 is 15.2 Å². The van der Waals surface area contributed by atoms with Crippen LogP contribution >= 0.6 is 0 Å². The molecule has 4 aromatic rings. The van der Waals surface area contributed by atoms with Gasteiger partial charge in [0.25, 0.3) is 5.91 Å². The van der Waals surface area contributed by atoms with E-state index in [1.807, 2.05) is 90.4 Å². The highest BCUT2D eigenvalue weighted by molar-refractivity contribution is 5.95. The van der Waals surface area contributed by atoms with Crippen molar-refractivity contribution in [2.45, 2.75) is 19.9 Å². The fourth-order valence-corrected chi connectivity index (χ4v) is 3.57. The lowest BCUT2D eigenvalue weighted by Gasteiger charge is -2.11. The minimum Gasteiger partial charge on any atom is -0.352 e. The number of para-hydroxylation sites is 3. The number of benzene rings is 3. The molecular weight excluding hydrogens is 388 g/mol. The highest BCUT2D eigenvalue weighted by Crippen LogP contribution is 2.17. The summed E-state index contributed by atoms with van der Waals surface area (Å²) in [5.41, 5.74) is 4.08. The third-order valence-electron chi connectivity index (χ3n) is 5.12. The van der Waals surface area contributed by atoms with E-state index in [2.05, 4.69) is 10.6 Å². The topological polar surface area (TPSA) is 76.0 Å². The first kappa shape index (κ1) is 20.3. The van der Waals surface area contributed by atoms with Crippen LogP contribution in [0.3, 0.4) is 0 Å². The molecule has 0 radical (unpaired) electrons. The molecule has 0 unspecified atom stereocenters. The molecule has 0 aliphatic carbocycles. The largest absolute Gasteiger partial charge is 0.352 e. The van der Waals surface area contributed by atoms with Crippen molar-refractivity contribution >= 4 is 28.5 Å². The van der Waals surface area contributed by atoms with E-state index in [4.69, 9.17) is 4.98 Å². The summed E-state index contributed by atoms with van der Waals surface area (Å²) in [6, 6.07) is 24.6. The van der Waals surface area contributed by atoms with Gasteiger partial charge in [-0.3, -0.25) is 9.59 Å². The molecule has 0 atom stereocenters. The molecule has 0 aliphatic heterocycles. The number of nitrogens with one attached hydrogen (secondary N) is 2. The molecule has 0 saturated carbocycles. The van der Waals surface area contributed by atoms with Gasteiger partial charge in [-0.25, -0.2) is 4.98 Å². The molecule has 31 heavy (non-hydrogen) atoms. The molecule has 0 bridgehead atoms. The average Bonchev–Trinajstić information content (AvgIpc) is 3.12. The molecule has 3 aromatic carbocycles. The van der Waals surface area contributed by atoms with Crippen LogP contribution in [0.25, 0.3) is 11.0 Å². The summed E-state index contributed by atoms with van der Waals surface area (Å²) in [6.07, 6.45) is 0.519. The van der Waals surface area contributed by atoms with Crippen molar-refractivity contribution in [1.82, 2.24) is 14.9 Å². The highest BCUT2D eigenvalue weighted by atomic mass is 16.2. The van der Waals surface area contributed by atoms with Crippen molar-refractivity contribution in [2.75, 3.05) is 11.9 Å². The van der Waals surface area contributed by atoms with Crippen molar-refractivity contribution in [3.63, 3.8) is 0 Å². The smallest absolute Gasteiger partial charge is 0.251 e. The lowest BCUT2D eigenvalue weighted by atomic mass is 10.1. The maximum absolute atomic E-state index is 12.7. The molecule has 2 amide bonds. The van der Waals surface area contributed by atoms with Crippen LogP contribution < -0.4 is 10.6 Å². The summed E-state index contributed by atoms with van der Waals surface area (Å²) < 4.78 is 1.91. The van der Waals surface area contributed by atoms with E-state index in [1.54, 1.807) is 0 Å². The summed E-state index contributed by atoms with van der Waals surface area (Å²) in [5, 5.41) is 5.88. The number of anilines is 1. The van der Waals surface area contributed by atoms with E-state index in [9.17, 15) is 9.59 Å². The van der Waals surface area contributed by atoms with Gasteiger partial charge in [-0.15, -0.1) is 0 Å². The number of aryl methyl sites for hydroxylation is 1. The monoisotopic (exact) mass is 412 g/mol. The Balaban J connectivity index is 1.48. The molecule has 4 rings (SSSR count). The first-order valence-electron chi connectivity index (χ1n) is 10.2. The van der Waals surface area contributed by atoms with Gasteiger partial charge in [-0.05, 0) is 42.8 Å². The number of hydrogen-bond acceptors (Lipinski definition) is 3. The van der Waals surface area contributed by atoms with E-state index < -0.39 is 0 Å². The Morgan fingerprint density at radius 2 is 1.61 bits per heavy atom. The maximum Gasteiger partial charge on any atom is 0.251 e. The zero-order valence-corrected chi connectivity index (χ0v) is 17.3. The standard InChI is InChI=1S/C25H24N4O2/c1-18-9-5-6-12-20(18)25(31)26-16-15-23-28-21-13-7-8-14-22(21)29(23)17-24(30)27-19-10-3-2-4-11-19/h2-14H,15-17H2,1H3,(H,26,31)(H,27,30). The number of imidazole rings is 1. The molecule has 0 spiro atoms. The van der Waals surface area contributed by atoms with E-state index in [0.29, 0.717) is 18.5 Å². The summed E-state index contributed by atoms with van der Waals surface area (Å²) in [5.74, 6) is 0.525. The number of aromatic nitrogens is 2. The average molecular weight is 412 g/mol. The predicted molar refractivity (Wildman–Crippen MR) is 122 cm³/mol. The third kappa shape index (κ3) is 4.80. The van der Waals surface area contributed by atoms with Gasteiger partial charge in [0, 0.05) is 24.2 Å². The number of amides is 2. The van der Waals surface area contributed by atoms with Gasteiger partial charge in [0.1, 0.15) is 12.4 Å². The second-order valence-corrected chi connectivity index (χ2v) is 7.34. The van der Waals surface area contributed by atoms with Crippen molar-refractivity contribution in [1.29, 1.82) is 0 Å². The molecule has 6 nitrogen and oxygen atoms in total. The highest BCUT2D eigenvalue weighted by Gasteiger charge is 2.14. The van der Waals surface area contributed by atoms with Crippen molar-refractivity contribution in [2.24, 2.45) is 0 Å². The van der Waals surface area contributed by atoms with Gasteiger partial charge in [0.15, 0.2) is 0 Å². The lowest BCUT2D eigenvalue weighted by Crippen LogP contribution is -2.27. The molecule has 0 aliphatic rings. The predicted octanol–water partition coefficient (Wildman–Crippen LogP) is 3.96. The summed E-state index contributed by atoms with van der Waals surface area (Å²) in [6.45, 7) is 2.49. The summed E-state index contributed by atoms with van der Waals surface area (Å²) >= 11 is 0. The maximum atomic E-state index is 12.7. The van der Waals surface area contributed by atoms with Crippen LogP contribution in [0.15, 0.2) is 78.9 Å². The molecule has 1 aromatic heterocycles. The summed E-state index contributed by atoms with van der Waals surface area (Å²) in [7, 11) is 0. The SMILES string of the molecule is Cc1ccccc1C(=O)NCCc1nc2ccccc2n1CC(=O)Nc1ccccc1. The van der Waals surface area contributed by atoms with Crippen LogP contribution in [0.2, 0.25) is 0 Å². The number of rotatable bonds is 7. The third-order valence-corrected chi connectivity index (χ3v) is 5.12. The van der Waals surface area contributed by atoms with Crippen LogP contribution in [0.4, 0.5) is 5.69 Å². The minimum absolute atomic E-state index is 0.109. The first-order valence-corrected chi connectivity index (χ1v) is 10.2. The number of fused-ring (bicyclic) bond motifs is 1. The van der Waals surface area contributed by atoms with E-state index in [-0.39, 0.29) is 18.4 Å². The number of hydrogen-bond donors (Lipinski definition) is 2. The summed E-state index contributed by atoms with van der Waals surface area (Å²) in [4.78, 5) is 29.8. The van der Waals surface area contributed by atoms with Gasteiger partial charge in [0.2, 0.25) is 5.91 Å². The Morgan fingerprint density at radius 3 is 2.42 bits per heavy atom. The Labute approximate surface area is 180 Å². The molecule has 6 heteroatoms. The Morgan fingerprint density at radius 1 is 0.903 bits per heavy atom. The second kappa shape index (κ2) is 9.26. The fourth-order valence-electron chi connectivity index (χ4n) is 3.57. The molecule has 2 N–H and O–H groups in total. The van der Waals surface area contributed by atoms with Gasteiger partial charge in [-0.1, -0.05) is 48.5 Å². The minimum atomic E-state index is -0.125. The fraction of sp³-hybridized carbons (Fsp3) is 0.160. The first-order chi connectivity index (χ1) is 15.1. The van der Waals surface area contributed by atoms with Gasteiger partial charge in [-0.2, -0.15) is 0 Å². The van der Waals surface area contributed by atoms with Crippen molar-refractivity contribution in [3.05, 3.63) is 95.8 Å². The van der Waals surface area contributed by atoms with Crippen molar-refractivity contribution < 1.29 is 9.59 Å². The van der Waals surface area contributed by atoms with Crippen molar-refractivity contribution in [3.8, 4) is 0 Å². The van der Waals surface area contributed by atoms with E-state index in [1.165, 1.54) is 0 Å². The molecular formula is C25H24N4O2. The number of carbonyl (C=O) groups excluding carboxylic acids is 2. The Bertz CT molecular complexity index is 1210. The zero-order valence-electron chi connectivity index (χ0n) is 17.3. The van der Waals surface area contributed by atoms with Gasteiger partial charge in [0.05, 0.1) is 11.0 Å². The van der Waals surface area contributed by atoms with Crippen LogP contribution in [-0.4, -0.2) is 27.9 Å². The number of nitrogens with zero attached hydrogens (tertiary/aromatic N) is 2. The Kier molecular flexibility index (Phi) is 6.08. The van der Waals surface area contributed by atoms with Crippen LogP contribution in [0.1, 0.15) is 21.7 Å². The normalized spacial score (nSPS) is 10.7. The van der Waals surface area contributed by atoms with E-state index in [0.717, 1.165) is 28.1 Å². The second-order valence-electron chi connectivity index (χ2n) is 7.34. The zero-order chi connectivity index (χ0) is 21.6. The number of carbonyl (C=O) groups is 2. The quantitative estimate of drug-likeness (QED) is 0.482. The van der Waals surface area contributed by atoms with E-state index >= 15 is 0 Å². The molecule has 1 heterocycles. The van der Waals surface area contributed by atoms with Gasteiger partial charge >= 0.3 is 0 Å². The van der Waals surface area contributed by atoms with Crippen LogP contribution in [0.5, 0.6) is 0 Å². The lowest BCUT2D eigenvalue weighted by molar-refractivity contribution is -0.116.